The molecule has 1 saturated carbocycles. The van der Waals surface area contributed by atoms with Crippen molar-refractivity contribution in [2.24, 2.45) is 5.73 Å². The quantitative estimate of drug-likeness (QED) is 0.541. The van der Waals surface area contributed by atoms with Crippen molar-refractivity contribution in [1.82, 2.24) is 0 Å². The van der Waals surface area contributed by atoms with Crippen molar-refractivity contribution in [3.8, 4) is 0 Å². The van der Waals surface area contributed by atoms with Crippen LogP contribution in [0.15, 0.2) is 0 Å². The predicted octanol–water partition coefficient (Wildman–Crippen LogP) is 0.962. The summed E-state index contributed by atoms with van der Waals surface area (Å²) in [7, 11) is 0. The molecule has 1 aliphatic rings. The minimum absolute atomic E-state index is 0.0461. The molecule has 0 aromatic heterocycles. The first-order valence-electron chi connectivity index (χ1n) is 5.81. The Hall–Kier alpha value is -0.610. The molecule has 0 aromatic rings. The summed E-state index contributed by atoms with van der Waals surface area (Å²) in [6.07, 6.45) is 6.97. The molecule has 88 valence electrons. The monoisotopic (exact) mass is 215 g/mol. The van der Waals surface area contributed by atoms with E-state index in [2.05, 4.69) is 0 Å². The van der Waals surface area contributed by atoms with Crippen LogP contribution in [0.5, 0.6) is 0 Å². The Morgan fingerprint density at radius 2 is 1.93 bits per heavy atom. The molecule has 1 fully saturated rings. The summed E-state index contributed by atoms with van der Waals surface area (Å²) in [6.45, 7) is -0.0685. The number of nitrogens with two attached hydrogens (primary N) is 1. The highest BCUT2D eigenvalue weighted by Gasteiger charge is 2.20. The summed E-state index contributed by atoms with van der Waals surface area (Å²) in [5.41, 5.74) is 5.55. The molecular formula is C11H21NO3. The molecule has 0 spiro atoms. The van der Waals surface area contributed by atoms with Gasteiger partial charge in [-0.25, -0.2) is 0 Å². The Kier molecular flexibility index (Phi) is 5.65. The lowest BCUT2D eigenvalue weighted by Crippen LogP contribution is -2.35. The SMILES string of the molecule is N[C@H](CCO)C(=O)OC1CCCCCC1. The molecule has 0 bridgehead atoms. The fraction of sp³-hybridized carbons (Fsp3) is 0.909. The maximum Gasteiger partial charge on any atom is 0.323 e. The number of aliphatic hydroxyl groups is 1. The highest BCUT2D eigenvalue weighted by Crippen LogP contribution is 2.20. The van der Waals surface area contributed by atoms with Crippen molar-refractivity contribution in [1.29, 1.82) is 0 Å². The fourth-order valence-electron chi connectivity index (χ4n) is 1.87. The van der Waals surface area contributed by atoms with Crippen LogP contribution in [-0.4, -0.2) is 29.8 Å². The standard InChI is InChI=1S/C11H21NO3/c12-10(7-8-13)11(14)15-9-5-3-1-2-4-6-9/h9-10,13H,1-8,12H2/t10-/m1/s1. The van der Waals surface area contributed by atoms with Gasteiger partial charge in [0.25, 0.3) is 0 Å². The first-order valence-corrected chi connectivity index (χ1v) is 5.81. The van der Waals surface area contributed by atoms with E-state index in [4.69, 9.17) is 15.6 Å². The number of rotatable bonds is 4. The second-order valence-corrected chi connectivity index (χ2v) is 4.17. The van der Waals surface area contributed by atoms with E-state index in [0.717, 1.165) is 25.7 Å². The average molecular weight is 215 g/mol. The normalized spacial score (nSPS) is 20.7. The van der Waals surface area contributed by atoms with Gasteiger partial charge in [0.2, 0.25) is 0 Å². The number of carbonyl (C=O) groups excluding carboxylic acids is 1. The minimum Gasteiger partial charge on any atom is -0.461 e. The molecule has 15 heavy (non-hydrogen) atoms. The van der Waals surface area contributed by atoms with Gasteiger partial charge in [0.1, 0.15) is 12.1 Å². The molecule has 1 rings (SSSR count). The molecule has 1 atom stereocenters. The maximum absolute atomic E-state index is 11.5. The van der Waals surface area contributed by atoms with Crippen LogP contribution in [0.2, 0.25) is 0 Å². The van der Waals surface area contributed by atoms with E-state index in [-0.39, 0.29) is 25.1 Å². The van der Waals surface area contributed by atoms with E-state index in [9.17, 15) is 4.79 Å². The average Bonchev–Trinajstić information content (AvgIpc) is 2.46. The van der Waals surface area contributed by atoms with Crippen LogP contribution in [0.4, 0.5) is 0 Å². The van der Waals surface area contributed by atoms with Crippen LogP contribution in [0, 0.1) is 0 Å². The first kappa shape index (κ1) is 12.5. The number of hydrogen-bond donors (Lipinski definition) is 2. The summed E-state index contributed by atoms with van der Waals surface area (Å²) in [4.78, 5) is 11.5. The minimum atomic E-state index is -0.668. The lowest BCUT2D eigenvalue weighted by atomic mass is 10.1. The van der Waals surface area contributed by atoms with E-state index in [1.807, 2.05) is 0 Å². The molecule has 3 N–H and O–H groups in total. The van der Waals surface area contributed by atoms with Crippen molar-refractivity contribution < 1.29 is 14.6 Å². The highest BCUT2D eigenvalue weighted by molar-refractivity contribution is 5.75. The largest absolute Gasteiger partial charge is 0.461 e. The lowest BCUT2D eigenvalue weighted by Gasteiger charge is -2.18. The summed E-state index contributed by atoms with van der Waals surface area (Å²) in [6, 6.07) is -0.668. The summed E-state index contributed by atoms with van der Waals surface area (Å²) in [5, 5.41) is 8.65. The molecule has 0 aromatic carbocycles. The molecule has 0 saturated heterocycles. The molecule has 0 aliphatic heterocycles. The molecule has 0 unspecified atom stereocenters. The molecule has 0 amide bonds. The summed E-state index contributed by atoms with van der Waals surface area (Å²) < 4.78 is 5.31. The Morgan fingerprint density at radius 3 is 2.47 bits per heavy atom. The zero-order valence-electron chi connectivity index (χ0n) is 9.15. The van der Waals surface area contributed by atoms with Crippen LogP contribution in [0.25, 0.3) is 0 Å². The van der Waals surface area contributed by atoms with Crippen molar-refractivity contribution in [3.05, 3.63) is 0 Å². The first-order chi connectivity index (χ1) is 7.24. The topological polar surface area (TPSA) is 72.5 Å². The van der Waals surface area contributed by atoms with Gasteiger partial charge >= 0.3 is 5.97 Å². The van der Waals surface area contributed by atoms with Crippen molar-refractivity contribution in [3.63, 3.8) is 0 Å². The van der Waals surface area contributed by atoms with E-state index in [0.29, 0.717) is 0 Å². The third kappa shape index (κ3) is 4.62. The molecule has 0 radical (unpaired) electrons. The van der Waals surface area contributed by atoms with Crippen LogP contribution in [0.3, 0.4) is 0 Å². The Bertz CT molecular complexity index is 188. The molecular weight excluding hydrogens is 194 g/mol. The van der Waals surface area contributed by atoms with Crippen LogP contribution in [0.1, 0.15) is 44.9 Å². The highest BCUT2D eigenvalue weighted by atomic mass is 16.5. The molecule has 4 heteroatoms. The van der Waals surface area contributed by atoms with E-state index < -0.39 is 6.04 Å². The molecule has 4 nitrogen and oxygen atoms in total. The van der Waals surface area contributed by atoms with E-state index in [1.54, 1.807) is 0 Å². The zero-order valence-corrected chi connectivity index (χ0v) is 9.15. The molecule has 0 heterocycles. The number of aliphatic hydroxyl groups excluding tert-OH is 1. The summed E-state index contributed by atoms with van der Waals surface area (Å²) in [5.74, 6) is -0.365. The van der Waals surface area contributed by atoms with Gasteiger partial charge in [-0.1, -0.05) is 12.8 Å². The number of hydrogen-bond acceptors (Lipinski definition) is 4. The Balaban J connectivity index is 2.28. The van der Waals surface area contributed by atoms with Crippen LogP contribution >= 0.6 is 0 Å². The second kappa shape index (κ2) is 6.80. The third-order valence-corrected chi connectivity index (χ3v) is 2.83. The van der Waals surface area contributed by atoms with Gasteiger partial charge in [-0.15, -0.1) is 0 Å². The van der Waals surface area contributed by atoms with Gasteiger partial charge in [0.15, 0.2) is 0 Å². The summed E-state index contributed by atoms with van der Waals surface area (Å²) >= 11 is 0. The molecule has 1 aliphatic carbocycles. The van der Waals surface area contributed by atoms with Crippen molar-refractivity contribution >= 4 is 5.97 Å². The van der Waals surface area contributed by atoms with E-state index >= 15 is 0 Å². The van der Waals surface area contributed by atoms with Crippen molar-refractivity contribution in [2.75, 3.05) is 6.61 Å². The van der Waals surface area contributed by atoms with Crippen molar-refractivity contribution in [2.45, 2.75) is 57.1 Å². The Labute approximate surface area is 90.8 Å². The number of esters is 1. The van der Waals surface area contributed by atoms with Gasteiger partial charge in [-0.2, -0.15) is 0 Å². The predicted molar refractivity (Wildman–Crippen MR) is 57.3 cm³/mol. The smallest absolute Gasteiger partial charge is 0.323 e. The van der Waals surface area contributed by atoms with Gasteiger partial charge in [-0.05, 0) is 32.1 Å². The number of ether oxygens (including phenoxy) is 1. The van der Waals surface area contributed by atoms with Gasteiger partial charge in [0.05, 0.1) is 0 Å². The maximum atomic E-state index is 11.5. The van der Waals surface area contributed by atoms with Crippen LogP contribution in [-0.2, 0) is 9.53 Å². The lowest BCUT2D eigenvalue weighted by molar-refractivity contribution is -0.151. The van der Waals surface area contributed by atoms with Gasteiger partial charge in [-0.3, -0.25) is 4.79 Å². The zero-order chi connectivity index (χ0) is 11.1. The number of carbonyl (C=O) groups is 1. The fourth-order valence-corrected chi connectivity index (χ4v) is 1.87. The second-order valence-electron chi connectivity index (χ2n) is 4.17. The third-order valence-electron chi connectivity index (χ3n) is 2.83. The van der Waals surface area contributed by atoms with Gasteiger partial charge < -0.3 is 15.6 Å². The van der Waals surface area contributed by atoms with E-state index in [1.165, 1.54) is 12.8 Å². The Morgan fingerprint density at radius 1 is 1.33 bits per heavy atom. The van der Waals surface area contributed by atoms with Crippen LogP contribution < -0.4 is 5.73 Å². The van der Waals surface area contributed by atoms with Gasteiger partial charge in [0, 0.05) is 6.61 Å².